The van der Waals surface area contributed by atoms with Gasteiger partial charge in [-0.25, -0.2) is 4.79 Å². The van der Waals surface area contributed by atoms with Crippen LogP contribution >= 0.6 is 0 Å². The van der Waals surface area contributed by atoms with Gasteiger partial charge in [0.2, 0.25) is 5.78 Å². The third-order valence-corrected chi connectivity index (χ3v) is 3.49. The minimum atomic E-state index is -0.480. The van der Waals surface area contributed by atoms with E-state index in [1.54, 1.807) is 24.3 Å². The molecule has 2 aromatic rings. The Morgan fingerprint density at radius 2 is 2.17 bits per heavy atom. The number of aromatic nitrogens is 1. The van der Waals surface area contributed by atoms with E-state index in [2.05, 4.69) is 4.74 Å². The molecule has 23 heavy (non-hydrogen) atoms. The molecule has 0 radical (unpaired) electrons. The Balaban J connectivity index is 1.81. The van der Waals surface area contributed by atoms with Crippen LogP contribution in [0.2, 0.25) is 0 Å². The van der Waals surface area contributed by atoms with Crippen LogP contribution < -0.4 is 9.47 Å². The van der Waals surface area contributed by atoms with Crippen molar-refractivity contribution in [3.63, 3.8) is 0 Å². The second-order valence-electron chi connectivity index (χ2n) is 5.01. The largest absolute Gasteiger partial charge is 0.482 e. The Hall–Kier alpha value is -3.02. The molecule has 0 spiro atoms. The molecule has 0 bridgehead atoms. The van der Waals surface area contributed by atoms with Crippen LogP contribution in [-0.4, -0.2) is 30.0 Å². The van der Waals surface area contributed by atoms with E-state index < -0.39 is 5.97 Å². The molecule has 0 amide bonds. The summed E-state index contributed by atoms with van der Waals surface area (Å²) in [6.07, 6.45) is 3.58. The monoisotopic (exact) mass is 313 g/mol. The second-order valence-corrected chi connectivity index (χ2v) is 5.01. The van der Waals surface area contributed by atoms with Crippen molar-refractivity contribution in [2.45, 2.75) is 0 Å². The Kier molecular flexibility index (Phi) is 3.89. The third kappa shape index (κ3) is 2.96. The first kappa shape index (κ1) is 14.9. The van der Waals surface area contributed by atoms with Gasteiger partial charge in [0, 0.05) is 31.1 Å². The lowest BCUT2D eigenvalue weighted by Gasteiger charge is -2.05. The highest BCUT2D eigenvalue weighted by Crippen LogP contribution is 2.34. The van der Waals surface area contributed by atoms with Crippen LogP contribution in [0.1, 0.15) is 16.1 Å². The lowest BCUT2D eigenvalue weighted by atomic mass is 10.1. The molecule has 6 nitrogen and oxygen atoms in total. The number of hydrogen-bond donors (Lipinski definition) is 0. The molecule has 1 aliphatic rings. The second kappa shape index (κ2) is 6.00. The summed E-state index contributed by atoms with van der Waals surface area (Å²) in [7, 11) is 3.18. The van der Waals surface area contributed by atoms with Gasteiger partial charge >= 0.3 is 5.97 Å². The molecule has 0 atom stereocenters. The molecule has 1 aliphatic heterocycles. The van der Waals surface area contributed by atoms with Crippen LogP contribution in [0, 0.1) is 0 Å². The number of aryl methyl sites for hydroxylation is 1. The normalized spacial score (nSPS) is 14.5. The standard InChI is InChI=1S/C17H15NO5/c1-18-7-3-4-11(18)8-15-17(20)13-6-5-12(9-14(13)23-15)22-10-16(19)21-2/h3-9H,10H2,1-2H3. The number of ether oxygens (including phenoxy) is 3. The molecule has 6 heteroatoms. The van der Waals surface area contributed by atoms with Crippen LogP contribution in [0.15, 0.2) is 42.3 Å². The zero-order chi connectivity index (χ0) is 16.4. The van der Waals surface area contributed by atoms with Crippen molar-refractivity contribution in [2.24, 2.45) is 7.05 Å². The molecule has 0 unspecified atom stereocenters. The van der Waals surface area contributed by atoms with Crippen molar-refractivity contribution in [3.05, 3.63) is 53.5 Å². The first-order valence-corrected chi connectivity index (χ1v) is 6.97. The summed E-state index contributed by atoms with van der Waals surface area (Å²) < 4.78 is 17.3. The first-order chi connectivity index (χ1) is 11.1. The summed E-state index contributed by atoms with van der Waals surface area (Å²) in [4.78, 5) is 23.4. The molecule has 0 saturated carbocycles. The fourth-order valence-corrected chi connectivity index (χ4v) is 2.22. The van der Waals surface area contributed by atoms with E-state index in [1.165, 1.54) is 7.11 Å². The summed E-state index contributed by atoms with van der Waals surface area (Å²) in [5.74, 6) is 0.444. The van der Waals surface area contributed by atoms with Gasteiger partial charge in [0.1, 0.15) is 11.5 Å². The smallest absolute Gasteiger partial charge is 0.343 e. The van der Waals surface area contributed by atoms with Gasteiger partial charge in [-0.2, -0.15) is 0 Å². The predicted molar refractivity (Wildman–Crippen MR) is 82.3 cm³/mol. The van der Waals surface area contributed by atoms with E-state index in [0.29, 0.717) is 17.1 Å². The van der Waals surface area contributed by atoms with E-state index in [0.717, 1.165) is 5.69 Å². The fraction of sp³-hybridized carbons (Fsp3) is 0.176. The number of hydrogen-bond acceptors (Lipinski definition) is 5. The molecule has 1 aromatic heterocycles. The third-order valence-electron chi connectivity index (χ3n) is 3.49. The van der Waals surface area contributed by atoms with Gasteiger partial charge < -0.3 is 18.8 Å². The van der Waals surface area contributed by atoms with Gasteiger partial charge in [-0.15, -0.1) is 0 Å². The summed E-state index contributed by atoms with van der Waals surface area (Å²) >= 11 is 0. The Labute approximate surface area is 132 Å². The number of nitrogens with zero attached hydrogens (tertiary/aromatic N) is 1. The number of rotatable bonds is 4. The minimum absolute atomic E-state index is 0.180. The van der Waals surface area contributed by atoms with Crippen molar-refractivity contribution in [1.29, 1.82) is 0 Å². The molecule has 0 saturated heterocycles. The van der Waals surface area contributed by atoms with E-state index >= 15 is 0 Å². The maximum Gasteiger partial charge on any atom is 0.343 e. The van der Waals surface area contributed by atoms with Gasteiger partial charge in [-0.3, -0.25) is 4.79 Å². The van der Waals surface area contributed by atoms with E-state index in [4.69, 9.17) is 9.47 Å². The SMILES string of the molecule is COC(=O)COc1ccc2c(c1)OC(=Cc1cccn1C)C2=O. The Bertz CT molecular complexity index is 803. The van der Waals surface area contributed by atoms with Crippen molar-refractivity contribution in [2.75, 3.05) is 13.7 Å². The molecule has 0 fully saturated rings. The average Bonchev–Trinajstić information content (AvgIpc) is 3.09. The summed E-state index contributed by atoms with van der Waals surface area (Å²) in [5, 5.41) is 0. The number of carbonyl (C=O) groups is 2. The molecule has 3 rings (SSSR count). The fourth-order valence-electron chi connectivity index (χ4n) is 2.22. The van der Waals surface area contributed by atoms with E-state index in [9.17, 15) is 9.59 Å². The number of methoxy groups -OCH3 is 1. The number of fused-ring (bicyclic) bond motifs is 1. The molecule has 118 valence electrons. The van der Waals surface area contributed by atoms with Crippen LogP contribution in [0.5, 0.6) is 11.5 Å². The molecule has 1 aromatic carbocycles. The highest BCUT2D eigenvalue weighted by molar-refractivity contribution is 6.14. The Morgan fingerprint density at radius 3 is 2.87 bits per heavy atom. The molecule has 0 aliphatic carbocycles. The number of esters is 1. The molecular formula is C17H15NO5. The van der Waals surface area contributed by atoms with Gasteiger partial charge in [0.15, 0.2) is 12.4 Å². The van der Waals surface area contributed by atoms with Gasteiger partial charge in [-0.1, -0.05) is 0 Å². The van der Waals surface area contributed by atoms with Crippen molar-refractivity contribution in [3.8, 4) is 11.5 Å². The summed E-state index contributed by atoms with van der Waals surface area (Å²) in [6, 6.07) is 8.60. The molecule has 0 N–H and O–H groups in total. The highest BCUT2D eigenvalue weighted by Gasteiger charge is 2.28. The van der Waals surface area contributed by atoms with Crippen molar-refractivity contribution >= 4 is 17.8 Å². The van der Waals surface area contributed by atoms with Crippen LogP contribution in [0.4, 0.5) is 0 Å². The number of carbonyl (C=O) groups excluding carboxylic acids is 2. The Morgan fingerprint density at radius 1 is 1.35 bits per heavy atom. The average molecular weight is 313 g/mol. The van der Waals surface area contributed by atoms with Crippen LogP contribution in [0.3, 0.4) is 0 Å². The van der Waals surface area contributed by atoms with Crippen molar-refractivity contribution in [1.82, 2.24) is 4.57 Å². The topological polar surface area (TPSA) is 66.8 Å². The minimum Gasteiger partial charge on any atom is -0.482 e. The van der Waals surface area contributed by atoms with Gasteiger partial charge in [0.05, 0.1) is 12.7 Å². The van der Waals surface area contributed by atoms with E-state index in [-0.39, 0.29) is 18.1 Å². The summed E-state index contributed by atoms with van der Waals surface area (Å²) in [5.41, 5.74) is 1.33. The highest BCUT2D eigenvalue weighted by atomic mass is 16.6. The maximum absolute atomic E-state index is 12.3. The molecule has 2 heterocycles. The first-order valence-electron chi connectivity index (χ1n) is 6.97. The number of benzene rings is 1. The number of Topliss-reactive ketones (excluding diaryl/α,β-unsaturated/α-hetero) is 1. The quantitative estimate of drug-likeness (QED) is 0.639. The molecular weight excluding hydrogens is 298 g/mol. The van der Waals surface area contributed by atoms with Crippen molar-refractivity contribution < 1.29 is 23.8 Å². The van der Waals surface area contributed by atoms with Crippen LogP contribution in [0.25, 0.3) is 6.08 Å². The van der Waals surface area contributed by atoms with Crippen LogP contribution in [-0.2, 0) is 16.6 Å². The zero-order valence-corrected chi connectivity index (χ0v) is 12.7. The number of allylic oxidation sites excluding steroid dienone is 1. The van der Waals surface area contributed by atoms with Gasteiger partial charge in [-0.05, 0) is 24.3 Å². The predicted octanol–water partition coefficient (Wildman–Crippen LogP) is 2.19. The lowest BCUT2D eigenvalue weighted by Crippen LogP contribution is -2.12. The van der Waals surface area contributed by atoms with E-state index in [1.807, 2.05) is 29.9 Å². The maximum atomic E-state index is 12.3. The van der Waals surface area contributed by atoms with Gasteiger partial charge in [0.25, 0.3) is 0 Å². The zero-order valence-electron chi connectivity index (χ0n) is 12.7. The number of ketones is 1. The lowest BCUT2D eigenvalue weighted by molar-refractivity contribution is -0.142. The summed E-state index contributed by atoms with van der Waals surface area (Å²) in [6.45, 7) is -0.199.